The summed E-state index contributed by atoms with van der Waals surface area (Å²) in [5.74, 6) is 1.46. The van der Waals surface area contributed by atoms with Crippen LogP contribution in [0, 0.1) is 13.8 Å². The summed E-state index contributed by atoms with van der Waals surface area (Å²) in [4.78, 5) is 21.2. The number of aromatic nitrogens is 2. The maximum atomic E-state index is 12.5. The van der Waals surface area contributed by atoms with Crippen molar-refractivity contribution in [2.24, 2.45) is 0 Å². The van der Waals surface area contributed by atoms with Crippen LogP contribution in [0.5, 0.6) is 11.5 Å². The Labute approximate surface area is 162 Å². The Morgan fingerprint density at radius 2 is 1.79 bits per heavy atom. The Balaban J connectivity index is 1.47. The second kappa shape index (κ2) is 7.56. The topological polar surface area (TPSA) is 85.4 Å². The predicted molar refractivity (Wildman–Crippen MR) is 105 cm³/mol. The Bertz CT molecular complexity index is 1020. The zero-order valence-corrected chi connectivity index (χ0v) is 15.7. The van der Waals surface area contributed by atoms with Crippen molar-refractivity contribution in [1.82, 2.24) is 15.3 Å². The number of rotatable bonds is 5. The molecule has 2 N–H and O–H groups in total. The molecule has 4 rings (SSSR count). The molecule has 2 heterocycles. The van der Waals surface area contributed by atoms with Crippen molar-refractivity contribution in [3.8, 4) is 11.5 Å². The molecule has 1 aliphatic heterocycles. The number of carbonyl (C=O) groups is 1. The van der Waals surface area contributed by atoms with E-state index >= 15 is 0 Å². The maximum Gasteiger partial charge on any atom is 0.270 e. The van der Waals surface area contributed by atoms with E-state index < -0.39 is 0 Å². The van der Waals surface area contributed by atoms with Gasteiger partial charge in [0.15, 0.2) is 11.5 Å². The van der Waals surface area contributed by atoms with Crippen LogP contribution in [0.25, 0.3) is 0 Å². The first-order valence-corrected chi connectivity index (χ1v) is 8.93. The van der Waals surface area contributed by atoms with Crippen LogP contribution in [0.2, 0.25) is 0 Å². The number of hydrogen-bond donors (Lipinski definition) is 2. The predicted octanol–water partition coefficient (Wildman–Crippen LogP) is 3.50. The molecule has 3 aromatic rings. The van der Waals surface area contributed by atoms with Crippen LogP contribution in [0.4, 0.5) is 11.6 Å². The first kappa shape index (κ1) is 17.8. The quantitative estimate of drug-likeness (QED) is 0.709. The van der Waals surface area contributed by atoms with E-state index in [4.69, 9.17) is 9.47 Å². The number of nitrogens with zero attached hydrogens (tertiary/aromatic N) is 2. The van der Waals surface area contributed by atoms with E-state index in [1.165, 1.54) is 5.56 Å². The number of amides is 1. The summed E-state index contributed by atoms with van der Waals surface area (Å²) in [6.45, 7) is 4.50. The van der Waals surface area contributed by atoms with Crippen molar-refractivity contribution in [1.29, 1.82) is 0 Å². The molecule has 0 fully saturated rings. The highest BCUT2D eigenvalue weighted by Crippen LogP contribution is 2.34. The van der Waals surface area contributed by atoms with Gasteiger partial charge in [-0.15, -0.1) is 0 Å². The molecule has 0 atom stereocenters. The molecule has 0 saturated heterocycles. The van der Waals surface area contributed by atoms with Gasteiger partial charge in [-0.25, -0.2) is 9.97 Å². The summed E-state index contributed by atoms with van der Waals surface area (Å²) in [6, 6.07) is 15.2. The van der Waals surface area contributed by atoms with Gasteiger partial charge in [0, 0.05) is 24.0 Å². The van der Waals surface area contributed by atoms with Gasteiger partial charge in [0.1, 0.15) is 5.69 Å². The lowest BCUT2D eigenvalue weighted by Crippen LogP contribution is -2.24. The van der Waals surface area contributed by atoms with E-state index in [0.29, 0.717) is 35.4 Å². The molecule has 2 aromatic carbocycles. The van der Waals surface area contributed by atoms with Gasteiger partial charge >= 0.3 is 0 Å². The third kappa shape index (κ3) is 4.03. The number of carbonyl (C=O) groups excluding carboxylic acids is 1. The summed E-state index contributed by atoms with van der Waals surface area (Å²) in [5.41, 5.74) is 3.96. The molecule has 1 aliphatic rings. The lowest BCUT2D eigenvalue weighted by atomic mass is 10.1. The van der Waals surface area contributed by atoms with Crippen LogP contribution in [-0.2, 0) is 6.54 Å². The Morgan fingerprint density at radius 3 is 2.61 bits per heavy atom. The van der Waals surface area contributed by atoms with Gasteiger partial charge in [-0.3, -0.25) is 4.79 Å². The van der Waals surface area contributed by atoms with E-state index in [-0.39, 0.29) is 12.7 Å². The standard InChI is InChI=1S/C21H20N4O3/c1-13-3-5-15(6-4-13)11-22-20(26)17-9-14(2)23-21(25-17)24-16-7-8-18-19(10-16)28-12-27-18/h3-10H,11-12H2,1-2H3,(H,22,26)(H,23,24,25). The van der Waals surface area contributed by atoms with Crippen molar-refractivity contribution in [2.45, 2.75) is 20.4 Å². The summed E-state index contributed by atoms with van der Waals surface area (Å²) in [6.07, 6.45) is 0. The van der Waals surface area contributed by atoms with E-state index in [1.54, 1.807) is 6.07 Å². The van der Waals surface area contributed by atoms with Gasteiger partial charge < -0.3 is 20.1 Å². The van der Waals surface area contributed by atoms with E-state index in [9.17, 15) is 4.79 Å². The highest BCUT2D eigenvalue weighted by Gasteiger charge is 2.15. The fraction of sp³-hybridized carbons (Fsp3) is 0.190. The zero-order chi connectivity index (χ0) is 19.5. The molecule has 0 aliphatic carbocycles. The number of aryl methyl sites for hydroxylation is 2. The second-order valence-electron chi connectivity index (χ2n) is 6.58. The number of nitrogens with one attached hydrogen (secondary N) is 2. The number of benzene rings is 2. The Morgan fingerprint density at radius 1 is 1.00 bits per heavy atom. The molecule has 7 heteroatoms. The molecular weight excluding hydrogens is 356 g/mol. The van der Waals surface area contributed by atoms with E-state index in [0.717, 1.165) is 11.3 Å². The molecule has 1 aromatic heterocycles. The molecular formula is C21H20N4O3. The van der Waals surface area contributed by atoms with Crippen LogP contribution < -0.4 is 20.1 Å². The molecule has 0 bridgehead atoms. The minimum Gasteiger partial charge on any atom is -0.454 e. The highest BCUT2D eigenvalue weighted by atomic mass is 16.7. The first-order chi connectivity index (χ1) is 13.6. The zero-order valence-electron chi connectivity index (χ0n) is 15.7. The summed E-state index contributed by atoms with van der Waals surface area (Å²) < 4.78 is 10.7. The smallest absolute Gasteiger partial charge is 0.270 e. The minimum absolute atomic E-state index is 0.213. The Hall–Kier alpha value is -3.61. The fourth-order valence-corrected chi connectivity index (χ4v) is 2.82. The normalized spacial score (nSPS) is 11.9. The average Bonchev–Trinajstić information content (AvgIpc) is 3.14. The van der Waals surface area contributed by atoms with Crippen LogP contribution in [0.3, 0.4) is 0 Å². The van der Waals surface area contributed by atoms with E-state index in [2.05, 4.69) is 20.6 Å². The van der Waals surface area contributed by atoms with Crippen LogP contribution in [0.1, 0.15) is 27.3 Å². The van der Waals surface area contributed by atoms with Crippen molar-refractivity contribution >= 4 is 17.5 Å². The molecule has 28 heavy (non-hydrogen) atoms. The molecule has 0 spiro atoms. The third-order valence-corrected chi connectivity index (χ3v) is 4.29. The first-order valence-electron chi connectivity index (χ1n) is 8.93. The van der Waals surface area contributed by atoms with Crippen molar-refractivity contribution in [3.05, 3.63) is 71.0 Å². The monoisotopic (exact) mass is 376 g/mol. The van der Waals surface area contributed by atoms with Crippen LogP contribution >= 0.6 is 0 Å². The number of hydrogen-bond acceptors (Lipinski definition) is 6. The van der Waals surface area contributed by atoms with E-state index in [1.807, 2.05) is 56.3 Å². The molecule has 0 unspecified atom stereocenters. The third-order valence-electron chi connectivity index (χ3n) is 4.29. The van der Waals surface area contributed by atoms with Gasteiger partial charge in [0.05, 0.1) is 0 Å². The fourth-order valence-electron chi connectivity index (χ4n) is 2.82. The summed E-state index contributed by atoms with van der Waals surface area (Å²) in [7, 11) is 0. The van der Waals surface area contributed by atoms with Crippen molar-refractivity contribution < 1.29 is 14.3 Å². The molecule has 142 valence electrons. The summed E-state index contributed by atoms with van der Waals surface area (Å²) >= 11 is 0. The Kier molecular flexibility index (Phi) is 4.80. The summed E-state index contributed by atoms with van der Waals surface area (Å²) in [5, 5.41) is 6.01. The van der Waals surface area contributed by atoms with Crippen LogP contribution in [-0.4, -0.2) is 22.7 Å². The van der Waals surface area contributed by atoms with Crippen molar-refractivity contribution in [2.75, 3.05) is 12.1 Å². The van der Waals surface area contributed by atoms with Crippen LogP contribution in [0.15, 0.2) is 48.5 Å². The van der Waals surface area contributed by atoms with Crippen molar-refractivity contribution in [3.63, 3.8) is 0 Å². The molecule has 0 saturated carbocycles. The molecule has 1 amide bonds. The van der Waals surface area contributed by atoms with Gasteiger partial charge in [0.2, 0.25) is 12.7 Å². The largest absolute Gasteiger partial charge is 0.454 e. The van der Waals surface area contributed by atoms with Gasteiger partial charge in [0.25, 0.3) is 5.91 Å². The van der Waals surface area contributed by atoms with Gasteiger partial charge in [-0.1, -0.05) is 29.8 Å². The lowest BCUT2D eigenvalue weighted by molar-refractivity contribution is 0.0945. The molecule has 0 radical (unpaired) electrons. The van der Waals surface area contributed by atoms with Gasteiger partial charge in [-0.2, -0.15) is 0 Å². The lowest BCUT2D eigenvalue weighted by Gasteiger charge is -2.09. The SMILES string of the molecule is Cc1ccc(CNC(=O)c2cc(C)nc(Nc3ccc4c(c3)OCO4)n2)cc1. The molecule has 7 nitrogen and oxygen atoms in total. The minimum atomic E-state index is -0.250. The number of ether oxygens (including phenoxy) is 2. The number of anilines is 2. The highest BCUT2D eigenvalue weighted by molar-refractivity contribution is 5.92. The number of fused-ring (bicyclic) bond motifs is 1. The average molecular weight is 376 g/mol. The maximum absolute atomic E-state index is 12.5. The van der Waals surface area contributed by atoms with Gasteiger partial charge in [-0.05, 0) is 37.6 Å². The second-order valence-corrected chi connectivity index (χ2v) is 6.58.